The van der Waals surface area contributed by atoms with Gasteiger partial charge in [-0.1, -0.05) is 60.7 Å². The molecule has 0 bridgehead atoms. The van der Waals surface area contributed by atoms with Crippen molar-refractivity contribution in [1.82, 2.24) is 5.01 Å². The van der Waals surface area contributed by atoms with Crippen LogP contribution in [-0.2, 0) is 22.3 Å². The molecule has 2 saturated heterocycles. The van der Waals surface area contributed by atoms with Gasteiger partial charge >= 0.3 is 0 Å². The van der Waals surface area contributed by atoms with Crippen LogP contribution in [0.3, 0.4) is 0 Å². The van der Waals surface area contributed by atoms with Gasteiger partial charge in [0.15, 0.2) is 0 Å². The van der Waals surface area contributed by atoms with Crippen LogP contribution in [0.15, 0.2) is 65.8 Å². The SMILES string of the molecule is COC[C@@H]1CCCN1N=C1[C@H](Cc2ccccc2)O[C@H]1Cc1ccccc1. The zero-order valence-electron chi connectivity index (χ0n) is 16.0. The highest BCUT2D eigenvalue weighted by molar-refractivity contribution is 5.97. The first-order valence-corrected chi connectivity index (χ1v) is 9.91. The molecule has 0 saturated carbocycles. The summed E-state index contributed by atoms with van der Waals surface area (Å²) in [6, 6.07) is 21.5. The zero-order valence-corrected chi connectivity index (χ0v) is 16.0. The molecule has 2 heterocycles. The van der Waals surface area contributed by atoms with E-state index < -0.39 is 0 Å². The van der Waals surface area contributed by atoms with Gasteiger partial charge in [-0.2, -0.15) is 5.10 Å². The maximum atomic E-state index is 6.28. The topological polar surface area (TPSA) is 34.1 Å². The maximum Gasteiger partial charge on any atom is 0.105 e. The Labute approximate surface area is 161 Å². The second kappa shape index (κ2) is 8.68. The Morgan fingerprint density at radius 3 is 2.11 bits per heavy atom. The first-order valence-electron chi connectivity index (χ1n) is 9.91. The number of nitrogens with zero attached hydrogens (tertiary/aromatic N) is 2. The van der Waals surface area contributed by atoms with E-state index >= 15 is 0 Å². The monoisotopic (exact) mass is 364 g/mol. The van der Waals surface area contributed by atoms with Crippen LogP contribution in [0.4, 0.5) is 0 Å². The van der Waals surface area contributed by atoms with Gasteiger partial charge in [-0.25, -0.2) is 0 Å². The molecule has 2 aliphatic heterocycles. The van der Waals surface area contributed by atoms with E-state index in [2.05, 4.69) is 65.7 Å². The van der Waals surface area contributed by atoms with E-state index in [0.29, 0.717) is 6.04 Å². The molecule has 2 aliphatic rings. The largest absolute Gasteiger partial charge is 0.382 e. The summed E-state index contributed by atoms with van der Waals surface area (Å²) in [5, 5.41) is 7.31. The van der Waals surface area contributed by atoms with Gasteiger partial charge < -0.3 is 9.47 Å². The predicted molar refractivity (Wildman–Crippen MR) is 108 cm³/mol. The summed E-state index contributed by atoms with van der Waals surface area (Å²) in [7, 11) is 1.77. The summed E-state index contributed by atoms with van der Waals surface area (Å²) in [4.78, 5) is 0. The lowest BCUT2D eigenvalue weighted by atomic mass is 9.91. The molecule has 0 aliphatic carbocycles. The molecule has 4 nitrogen and oxygen atoms in total. The highest BCUT2D eigenvalue weighted by atomic mass is 16.5. The molecule has 142 valence electrons. The Morgan fingerprint density at radius 1 is 0.963 bits per heavy atom. The molecule has 2 aromatic rings. The average Bonchev–Trinajstić information content (AvgIpc) is 3.14. The van der Waals surface area contributed by atoms with Crippen molar-refractivity contribution in [2.75, 3.05) is 20.3 Å². The number of benzene rings is 2. The van der Waals surface area contributed by atoms with Gasteiger partial charge in [0.25, 0.3) is 0 Å². The quantitative estimate of drug-likeness (QED) is 0.751. The molecule has 0 spiro atoms. The molecule has 0 unspecified atom stereocenters. The van der Waals surface area contributed by atoms with E-state index in [9.17, 15) is 0 Å². The summed E-state index contributed by atoms with van der Waals surface area (Å²) in [6.45, 7) is 1.75. The summed E-state index contributed by atoms with van der Waals surface area (Å²) < 4.78 is 11.7. The van der Waals surface area contributed by atoms with Crippen molar-refractivity contribution in [3.8, 4) is 0 Å². The molecule has 0 radical (unpaired) electrons. The fourth-order valence-electron chi connectivity index (χ4n) is 4.03. The van der Waals surface area contributed by atoms with Crippen LogP contribution in [0.2, 0.25) is 0 Å². The van der Waals surface area contributed by atoms with Crippen LogP contribution in [0.25, 0.3) is 0 Å². The lowest BCUT2D eigenvalue weighted by molar-refractivity contribution is -0.00181. The van der Waals surface area contributed by atoms with Crippen molar-refractivity contribution in [1.29, 1.82) is 0 Å². The van der Waals surface area contributed by atoms with E-state index in [4.69, 9.17) is 14.6 Å². The number of rotatable bonds is 7. The number of ether oxygens (including phenoxy) is 2. The average molecular weight is 364 g/mol. The maximum absolute atomic E-state index is 6.28. The third-order valence-corrected chi connectivity index (χ3v) is 5.47. The minimum atomic E-state index is 0.0740. The lowest BCUT2D eigenvalue weighted by Gasteiger charge is -2.39. The molecule has 0 aromatic heterocycles. The van der Waals surface area contributed by atoms with Crippen molar-refractivity contribution < 1.29 is 9.47 Å². The zero-order chi connectivity index (χ0) is 18.5. The molecule has 2 aromatic carbocycles. The summed E-state index contributed by atoms with van der Waals surface area (Å²) in [5.41, 5.74) is 3.78. The predicted octanol–water partition coefficient (Wildman–Crippen LogP) is 3.71. The van der Waals surface area contributed by atoms with Crippen LogP contribution in [0.1, 0.15) is 24.0 Å². The van der Waals surface area contributed by atoms with E-state index in [1.807, 2.05) is 0 Å². The summed E-state index contributed by atoms with van der Waals surface area (Å²) in [6.07, 6.45) is 4.24. The van der Waals surface area contributed by atoms with Crippen molar-refractivity contribution >= 4 is 5.71 Å². The van der Waals surface area contributed by atoms with Crippen molar-refractivity contribution in [2.24, 2.45) is 5.10 Å². The van der Waals surface area contributed by atoms with E-state index in [0.717, 1.165) is 32.4 Å². The molecule has 4 rings (SSSR count). The molecule has 3 atom stereocenters. The van der Waals surface area contributed by atoms with Gasteiger partial charge in [0.1, 0.15) is 12.2 Å². The third-order valence-electron chi connectivity index (χ3n) is 5.47. The van der Waals surface area contributed by atoms with Crippen LogP contribution < -0.4 is 0 Å². The smallest absolute Gasteiger partial charge is 0.105 e. The molecular formula is C23H28N2O2. The fraction of sp³-hybridized carbons (Fsp3) is 0.435. The molecule has 2 fully saturated rings. The normalized spacial score (nSPS) is 24.7. The first kappa shape index (κ1) is 18.2. The van der Waals surface area contributed by atoms with Crippen LogP contribution >= 0.6 is 0 Å². The van der Waals surface area contributed by atoms with Crippen molar-refractivity contribution in [3.05, 3.63) is 71.8 Å². The molecule has 4 heteroatoms. The summed E-state index contributed by atoms with van der Waals surface area (Å²) >= 11 is 0. The van der Waals surface area contributed by atoms with Gasteiger partial charge in [0, 0.05) is 26.5 Å². The molecule has 0 amide bonds. The highest BCUT2D eigenvalue weighted by Gasteiger charge is 2.40. The minimum absolute atomic E-state index is 0.0740. The number of hydrogen-bond acceptors (Lipinski definition) is 4. The number of hydrogen-bond donors (Lipinski definition) is 0. The second-order valence-corrected chi connectivity index (χ2v) is 7.43. The minimum Gasteiger partial charge on any atom is -0.382 e. The van der Waals surface area contributed by atoms with E-state index in [-0.39, 0.29) is 12.2 Å². The van der Waals surface area contributed by atoms with Crippen LogP contribution in [0.5, 0.6) is 0 Å². The van der Waals surface area contributed by atoms with Crippen molar-refractivity contribution in [2.45, 2.75) is 43.9 Å². The second-order valence-electron chi connectivity index (χ2n) is 7.43. The van der Waals surface area contributed by atoms with Crippen LogP contribution in [0, 0.1) is 0 Å². The van der Waals surface area contributed by atoms with E-state index in [1.54, 1.807) is 7.11 Å². The summed E-state index contributed by atoms with van der Waals surface area (Å²) in [5.74, 6) is 0. The van der Waals surface area contributed by atoms with Gasteiger partial charge in [-0.05, 0) is 24.0 Å². The van der Waals surface area contributed by atoms with Gasteiger partial charge in [-0.3, -0.25) is 5.01 Å². The lowest BCUT2D eigenvalue weighted by Crippen LogP contribution is -2.53. The molecule has 27 heavy (non-hydrogen) atoms. The van der Waals surface area contributed by atoms with Gasteiger partial charge in [0.2, 0.25) is 0 Å². The van der Waals surface area contributed by atoms with E-state index in [1.165, 1.54) is 23.3 Å². The Kier molecular flexibility index (Phi) is 5.85. The number of methoxy groups -OCH3 is 1. The highest BCUT2D eigenvalue weighted by Crippen LogP contribution is 2.28. The fourth-order valence-corrected chi connectivity index (χ4v) is 4.03. The number of hydrazone groups is 1. The van der Waals surface area contributed by atoms with Gasteiger partial charge in [0.05, 0.1) is 18.4 Å². The van der Waals surface area contributed by atoms with Gasteiger partial charge in [-0.15, -0.1) is 0 Å². The van der Waals surface area contributed by atoms with Crippen LogP contribution in [-0.4, -0.2) is 49.2 Å². The Hall–Kier alpha value is -2.17. The first-order chi connectivity index (χ1) is 13.3. The van der Waals surface area contributed by atoms with Crippen molar-refractivity contribution in [3.63, 3.8) is 0 Å². The Morgan fingerprint density at radius 2 is 1.56 bits per heavy atom. The Balaban J connectivity index is 1.51. The molecule has 0 N–H and O–H groups in total. The third kappa shape index (κ3) is 4.40. The Bertz CT molecular complexity index is 698. The standard InChI is InChI=1S/C23H28N2O2/c1-26-17-20-13-8-14-25(20)24-23-21(15-18-9-4-2-5-10-18)27-22(23)16-19-11-6-3-7-12-19/h2-7,9-12,20-22H,8,13-17H2,1H3/t20-,21-,22-/m0/s1. The molecular weight excluding hydrogens is 336 g/mol.